The Bertz CT molecular complexity index is 592. The van der Waals surface area contributed by atoms with Gasteiger partial charge in [-0.2, -0.15) is 0 Å². The number of nitrogens with one attached hydrogen (secondary N) is 1. The summed E-state index contributed by atoms with van der Waals surface area (Å²) in [5.41, 5.74) is 0.790. The van der Waals surface area contributed by atoms with Crippen molar-refractivity contribution in [1.29, 1.82) is 0 Å². The Morgan fingerprint density at radius 1 is 1.29 bits per heavy atom. The van der Waals surface area contributed by atoms with E-state index in [0.717, 1.165) is 18.4 Å². The average Bonchev–Trinajstić information content (AvgIpc) is 3.16. The monoisotopic (exact) mass is 289 g/mol. The predicted octanol–water partition coefficient (Wildman–Crippen LogP) is 1.25. The summed E-state index contributed by atoms with van der Waals surface area (Å²) in [6, 6.07) is 5.61. The first-order chi connectivity index (χ1) is 10.2. The van der Waals surface area contributed by atoms with Crippen LogP contribution in [-0.2, 0) is 14.3 Å². The molecule has 0 bridgehead atoms. The molecule has 0 spiro atoms. The van der Waals surface area contributed by atoms with E-state index < -0.39 is 5.97 Å². The van der Waals surface area contributed by atoms with Gasteiger partial charge in [-0.05, 0) is 36.6 Å². The molecule has 6 heteroatoms. The van der Waals surface area contributed by atoms with E-state index in [2.05, 4.69) is 5.32 Å². The molecule has 0 unspecified atom stereocenters. The molecule has 1 saturated carbocycles. The highest BCUT2D eigenvalue weighted by Gasteiger charge is 2.23. The van der Waals surface area contributed by atoms with Crippen LogP contribution in [0.3, 0.4) is 0 Å². The van der Waals surface area contributed by atoms with Crippen LogP contribution in [0.1, 0.15) is 18.4 Å². The van der Waals surface area contributed by atoms with E-state index >= 15 is 0 Å². The van der Waals surface area contributed by atoms with Crippen LogP contribution in [0.2, 0.25) is 0 Å². The fourth-order valence-electron chi connectivity index (χ4n) is 1.86. The molecule has 0 saturated heterocycles. The summed E-state index contributed by atoms with van der Waals surface area (Å²) < 4.78 is 15.3. The van der Waals surface area contributed by atoms with E-state index in [0.29, 0.717) is 11.5 Å². The predicted molar refractivity (Wildman–Crippen MR) is 73.7 cm³/mol. The fraction of sp³-hybridized carbons (Fsp3) is 0.333. The zero-order chi connectivity index (χ0) is 14.7. The summed E-state index contributed by atoms with van der Waals surface area (Å²) >= 11 is 0. The molecule has 1 heterocycles. The second-order valence-electron chi connectivity index (χ2n) is 4.90. The maximum absolute atomic E-state index is 11.5. The molecule has 3 rings (SSSR count). The Hall–Kier alpha value is -2.50. The van der Waals surface area contributed by atoms with Crippen LogP contribution in [0.15, 0.2) is 24.3 Å². The summed E-state index contributed by atoms with van der Waals surface area (Å²) in [5.74, 6) is 0.516. The molecule has 1 aromatic carbocycles. The first-order valence-electron chi connectivity index (χ1n) is 6.74. The van der Waals surface area contributed by atoms with Crippen molar-refractivity contribution in [1.82, 2.24) is 5.32 Å². The van der Waals surface area contributed by atoms with Gasteiger partial charge < -0.3 is 19.5 Å². The minimum atomic E-state index is -0.557. The van der Waals surface area contributed by atoms with Crippen molar-refractivity contribution in [2.45, 2.75) is 18.9 Å². The smallest absolute Gasteiger partial charge is 0.331 e. The first kappa shape index (κ1) is 13.5. The van der Waals surface area contributed by atoms with Gasteiger partial charge in [-0.15, -0.1) is 0 Å². The van der Waals surface area contributed by atoms with E-state index in [4.69, 9.17) is 14.2 Å². The van der Waals surface area contributed by atoms with Crippen molar-refractivity contribution in [3.8, 4) is 11.5 Å². The minimum absolute atomic E-state index is 0.209. The molecule has 1 N–H and O–H groups in total. The number of esters is 1. The molecule has 21 heavy (non-hydrogen) atoms. The SMILES string of the molecule is O=C(COC(=O)/C=C/c1ccc2c(c1)OCO2)NC1CC1. The van der Waals surface area contributed by atoms with Crippen molar-refractivity contribution >= 4 is 18.0 Å². The van der Waals surface area contributed by atoms with Crippen LogP contribution in [0.4, 0.5) is 0 Å². The number of carbonyl (C=O) groups excluding carboxylic acids is 2. The standard InChI is InChI=1S/C15H15NO5/c17-14(16-11-3-4-11)8-19-15(18)6-2-10-1-5-12-13(7-10)21-9-20-12/h1-2,5-7,11H,3-4,8-9H2,(H,16,17)/b6-2+. The molecule has 1 aromatic rings. The number of fused-ring (bicyclic) bond motifs is 1. The van der Waals surface area contributed by atoms with Crippen LogP contribution in [-0.4, -0.2) is 31.3 Å². The summed E-state index contributed by atoms with van der Waals surface area (Å²) in [5, 5.41) is 2.74. The lowest BCUT2D eigenvalue weighted by molar-refractivity contribution is -0.143. The van der Waals surface area contributed by atoms with Gasteiger partial charge in [0.2, 0.25) is 6.79 Å². The van der Waals surface area contributed by atoms with Gasteiger partial charge in [0.05, 0.1) is 0 Å². The van der Waals surface area contributed by atoms with Crippen LogP contribution in [0.25, 0.3) is 6.08 Å². The Kier molecular flexibility index (Phi) is 3.77. The normalized spacial score (nSPS) is 16.0. The molecule has 1 aliphatic carbocycles. The third-order valence-electron chi connectivity index (χ3n) is 3.10. The molecule has 6 nitrogen and oxygen atoms in total. The Balaban J connectivity index is 1.48. The third kappa shape index (κ3) is 3.75. The lowest BCUT2D eigenvalue weighted by Crippen LogP contribution is -2.30. The Labute approximate surface area is 121 Å². The summed E-state index contributed by atoms with van der Waals surface area (Å²) in [6.07, 6.45) is 4.89. The second-order valence-corrected chi connectivity index (χ2v) is 4.90. The quantitative estimate of drug-likeness (QED) is 0.652. The number of hydrogen-bond donors (Lipinski definition) is 1. The van der Waals surface area contributed by atoms with Gasteiger partial charge in [-0.25, -0.2) is 4.79 Å². The summed E-state index contributed by atoms with van der Waals surface area (Å²) in [6.45, 7) is -0.0402. The molecule has 1 amide bonds. The van der Waals surface area contributed by atoms with Crippen LogP contribution >= 0.6 is 0 Å². The zero-order valence-corrected chi connectivity index (χ0v) is 11.3. The highest BCUT2D eigenvalue weighted by Crippen LogP contribution is 2.32. The van der Waals surface area contributed by atoms with E-state index in [9.17, 15) is 9.59 Å². The summed E-state index contributed by atoms with van der Waals surface area (Å²) in [4.78, 5) is 22.9. The Morgan fingerprint density at radius 3 is 2.90 bits per heavy atom. The fourth-order valence-corrected chi connectivity index (χ4v) is 1.86. The number of amides is 1. The molecule has 2 aliphatic rings. The Morgan fingerprint density at radius 2 is 2.10 bits per heavy atom. The van der Waals surface area contributed by atoms with Crippen molar-refractivity contribution in [2.24, 2.45) is 0 Å². The van der Waals surface area contributed by atoms with Crippen LogP contribution in [0.5, 0.6) is 11.5 Å². The maximum atomic E-state index is 11.5. The number of ether oxygens (including phenoxy) is 3. The molecule has 0 aromatic heterocycles. The lowest BCUT2D eigenvalue weighted by Gasteiger charge is -2.03. The van der Waals surface area contributed by atoms with E-state index in [-0.39, 0.29) is 25.3 Å². The minimum Gasteiger partial charge on any atom is -0.454 e. The van der Waals surface area contributed by atoms with Crippen molar-refractivity contribution < 1.29 is 23.8 Å². The van der Waals surface area contributed by atoms with Gasteiger partial charge in [-0.3, -0.25) is 4.79 Å². The topological polar surface area (TPSA) is 73.9 Å². The number of carbonyl (C=O) groups is 2. The zero-order valence-electron chi connectivity index (χ0n) is 11.3. The van der Waals surface area contributed by atoms with Gasteiger partial charge in [-0.1, -0.05) is 6.07 Å². The van der Waals surface area contributed by atoms with E-state index in [1.165, 1.54) is 6.08 Å². The molecular weight excluding hydrogens is 274 g/mol. The first-order valence-corrected chi connectivity index (χ1v) is 6.74. The van der Waals surface area contributed by atoms with E-state index in [1.807, 2.05) is 0 Å². The largest absolute Gasteiger partial charge is 0.454 e. The molecule has 110 valence electrons. The number of benzene rings is 1. The van der Waals surface area contributed by atoms with Gasteiger partial charge in [0.1, 0.15) is 0 Å². The van der Waals surface area contributed by atoms with Gasteiger partial charge in [0, 0.05) is 12.1 Å². The van der Waals surface area contributed by atoms with Crippen molar-refractivity contribution in [2.75, 3.05) is 13.4 Å². The molecule has 0 atom stereocenters. The molecule has 1 aliphatic heterocycles. The van der Waals surface area contributed by atoms with Crippen molar-refractivity contribution in [3.63, 3.8) is 0 Å². The molecular formula is C15H15NO5. The van der Waals surface area contributed by atoms with Crippen molar-refractivity contribution in [3.05, 3.63) is 29.8 Å². The third-order valence-corrected chi connectivity index (χ3v) is 3.10. The molecule has 0 radical (unpaired) electrons. The second kappa shape index (κ2) is 5.87. The highest BCUT2D eigenvalue weighted by molar-refractivity contribution is 5.89. The molecule has 1 fully saturated rings. The van der Waals surface area contributed by atoms with Crippen LogP contribution < -0.4 is 14.8 Å². The average molecular weight is 289 g/mol. The van der Waals surface area contributed by atoms with Gasteiger partial charge in [0.25, 0.3) is 5.91 Å². The lowest BCUT2D eigenvalue weighted by atomic mass is 10.2. The number of hydrogen-bond acceptors (Lipinski definition) is 5. The highest BCUT2D eigenvalue weighted by atomic mass is 16.7. The van der Waals surface area contributed by atoms with E-state index in [1.54, 1.807) is 24.3 Å². The summed E-state index contributed by atoms with van der Waals surface area (Å²) in [7, 11) is 0. The van der Waals surface area contributed by atoms with Crippen LogP contribution in [0, 0.1) is 0 Å². The van der Waals surface area contributed by atoms with Gasteiger partial charge >= 0.3 is 5.97 Å². The van der Waals surface area contributed by atoms with Gasteiger partial charge in [0.15, 0.2) is 18.1 Å². The maximum Gasteiger partial charge on any atom is 0.331 e. The number of rotatable bonds is 5.